The normalized spacial score (nSPS) is 14.1. The molecule has 0 heterocycles. The maximum atomic E-state index is 10.9. The molecule has 0 saturated heterocycles. The van der Waals surface area contributed by atoms with Crippen molar-refractivity contribution in [3.63, 3.8) is 0 Å². The average Bonchev–Trinajstić information content (AvgIpc) is 2.35. The van der Waals surface area contributed by atoms with Gasteiger partial charge in [0.25, 0.3) is 0 Å². The van der Waals surface area contributed by atoms with Gasteiger partial charge in [0.2, 0.25) is 0 Å². The van der Waals surface area contributed by atoms with E-state index in [1.54, 1.807) is 7.11 Å². The largest absolute Gasteiger partial charge is 0.497 e. The van der Waals surface area contributed by atoms with E-state index in [2.05, 4.69) is 5.32 Å². The fourth-order valence-corrected chi connectivity index (χ4v) is 1.67. The van der Waals surface area contributed by atoms with Gasteiger partial charge in [-0.1, -0.05) is 19.1 Å². The molecule has 0 amide bonds. The zero-order valence-electron chi connectivity index (χ0n) is 10.4. The SMILES string of the molecule is CCC(N[C@@H](C)c1cccc(OC)c1)C(=O)O. The first-order chi connectivity index (χ1) is 8.08. The third-order valence-corrected chi connectivity index (χ3v) is 2.75. The van der Waals surface area contributed by atoms with Gasteiger partial charge in [-0.25, -0.2) is 0 Å². The first-order valence-electron chi connectivity index (χ1n) is 5.71. The number of hydrogen-bond donors (Lipinski definition) is 2. The molecular formula is C13H19NO3. The summed E-state index contributed by atoms with van der Waals surface area (Å²) in [4.78, 5) is 10.9. The third kappa shape index (κ3) is 3.75. The van der Waals surface area contributed by atoms with Gasteiger partial charge >= 0.3 is 5.97 Å². The standard InChI is InChI=1S/C13H19NO3/c1-4-12(13(15)16)14-9(2)10-6-5-7-11(8-10)17-3/h5-9,12,14H,4H2,1-3H3,(H,15,16)/t9-,12?/m0/s1. The quantitative estimate of drug-likeness (QED) is 0.796. The van der Waals surface area contributed by atoms with E-state index in [4.69, 9.17) is 9.84 Å². The highest BCUT2D eigenvalue weighted by molar-refractivity contribution is 5.73. The van der Waals surface area contributed by atoms with Gasteiger partial charge < -0.3 is 9.84 Å². The first-order valence-corrected chi connectivity index (χ1v) is 5.71. The molecule has 0 spiro atoms. The molecular weight excluding hydrogens is 218 g/mol. The third-order valence-electron chi connectivity index (χ3n) is 2.75. The second-order valence-corrected chi connectivity index (χ2v) is 3.96. The van der Waals surface area contributed by atoms with Crippen LogP contribution in [0.1, 0.15) is 31.9 Å². The lowest BCUT2D eigenvalue weighted by atomic mass is 10.1. The fourth-order valence-electron chi connectivity index (χ4n) is 1.67. The van der Waals surface area contributed by atoms with Crippen molar-refractivity contribution in [3.05, 3.63) is 29.8 Å². The van der Waals surface area contributed by atoms with E-state index >= 15 is 0 Å². The summed E-state index contributed by atoms with van der Waals surface area (Å²) in [5.74, 6) is -0.0400. The lowest BCUT2D eigenvalue weighted by molar-refractivity contribution is -0.139. The molecule has 0 bridgehead atoms. The molecule has 1 aromatic carbocycles. The minimum Gasteiger partial charge on any atom is -0.497 e. The predicted molar refractivity (Wildman–Crippen MR) is 66.3 cm³/mol. The van der Waals surface area contributed by atoms with E-state index in [1.807, 2.05) is 38.1 Å². The van der Waals surface area contributed by atoms with Gasteiger partial charge in [0.1, 0.15) is 11.8 Å². The summed E-state index contributed by atoms with van der Waals surface area (Å²) in [6.45, 7) is 3.80. The molecule has 0 fully saturated rings. The monoisotopic (exact) mass is 237 g/mol. The Morgan fingerprint density at radius 2 is 2.24 bits per heavy atom. The molecule has 1 rings (SSSR count). The van der Waals surface area contributed by atoms with E-state index in [9.17, 15) is 4.79 Å². The van der Waals surface area contributed by atoms with Crippen molar-refractivity contribution in [1.29, 1.82) is 0 Å². The molecule has 0 aliphatic rings. The summed E-state index contributed by atoms with van der Waals surface area (Å²) in [6, 6.07) is 7.09. The Bertz CT molecular complexity index is 379. The summed E-state index contributed by atoms with van der Waals surface area (Å²) in [7, 11) is 1.61. The lowest BCUT2D eigenvalue weighted by Crippen LogP contribution is -2.37. The van der Waals surface area contributed by atoms with Gasteiger partial charge in [-0.2, -0.15) is 0 Å². The molecule has 4 nitrogen and oxygen atoms in total. The number of nitrogens with one attached hydrogen (secondary N) is 1. The molecule has 2 atom stereocenters. The van der Waals surface area contributed by atoms with Gasteiger partial charge in [-0.15, -0.1) is 0 Å². The first kappa shape index (κ1) is 13.5. The summed E-state index contributed by atoms with van der Waals surface area (Å²) < 4.78 is 5.14. The highest BCUT2D eigenvalue weighted by Gasteiger charge is 2.18. The smallest absolute Gasteiger partial charge is 0.320 e. The van der Waals surface area contributed by atoms with Crippen LogP contribution in [0.25, 0.3) is 0 Å². The van der Waals surface area contributed by atoms with Crippen LogP contribution in [0.3, 0.4) is 0 Å². The van der Waals surface area contributed by atoms with E-state index in [-0.39, 0.29) is 6.04 Å². The summed E-state index contributed by atoms with van der Waals surface area (Å²) >= 11 is 0. The number of ether oxygens (including phenoxy) is 1. The molecule has 0 aliphatic carbocycles. The molecule has 0 aliphatic heterocycles. The van der Waals surface area contributed by atoms with Crippen molar-refractivity contribution in [2.45, 2.75) is 32.4 Å². The van der Waals surface area contributed by atoms with Gasteiger partial charge in [0.05, 0.1) is 7.11 Å². The van der Waals surface area contributed by atoms with Crippen LogP contribution in [0.4, 0.5) is 0 Å². The molecule has 2 N–H and O–H groups in total. The highest BCUT2D eigenvalue weighted by Crippen LogP contribution is 2.19. The van der Waals surface area contributed by atoms with Crippen LogP contribution in [-0.4, -0.2) is 24.2 Å². The van der Waals surface area contributed by atoms with Gasteiger partial charge in [0.15, 0.2) is 0 Å². The molecule has 17 heavy (non-hydrogen) atoms. The van der Waals surface area contributed by atoms with Crippen LogP contribution in [0.5, 0.6) is 5.75 Å². The minimum absolute atomic E-state index is 0.0221. The Morgan fingerprint density at radius 3 is 2.76 bits per heavy atom. The predicted octanol–water partition coefficient (Wildman–Crippen LogP) is 2.21. The number of methoxy groups -OCH3 is 1. The summed E-state index contributed by atoms with van der Waals surface area (Å²) in [5.41, 5.74) is 1.02. The number of carbonyl (C=O) groups is 1. The Labute approximate surface area is 102 Å². The summed E-state index contributed by atoms with van der Waals surface area (Å²) in [6.07, 6.45) is 0.559. The maximum Gasteiger partial charge on any atom is 0.320 e. The van der Waals surface area contributed by atoms with Crippen molar-refractivity contribution in [1.82, 2.24) is 5.32 Å². The maximum absolute atomic E-state index is 10.9. The zero-order valence-corrected chi connectivity index (χ0v) is 10.4. The summed E-state index contributed by atoms with van der Waals surface area (Å²) in [5, 5.41) is 12.1. The Kier molecular flexibility index (Phi) is 4.97. The Hall–Kier alpha value is -1.55. The van der Waals surface area contributed by atoms with Crippen LogP contribution >= 0.6 is 0 Å². The van der Waals surface area contributed by atoms with Crippen LogP contribution in [0, 0.1) is 0 Å². The van der Waals surface area contributed by atoms with E-state index in [1.165, 1.54) is 0 Å². The van der Waals surface area contributed by atoms with Gasteiger partial charge in [0, 0.05) is 6.04 Å². The number of benzene rings is 1. The number of carboxylic acids is 1. The lowest BCUT2D eigenvalue weighted by Gasteiger charge is -2.19. The molecule has 1 aromatic rings. The van der Waals surface area contributed by atoms with Crippen LogP contribution in [-0.2, 0) is 4.79 Å². The average molecular weight is 237 g/mol. The molecule has 94 valence electrons. The molecule has 0 radical (unpaired) electrons. The number of hydrogen-bond acceptors (Lipinski definition) is 3. The van der Waals surface area contributed by atoms with Crippen LogP contribution < -0.4 is 10.1 Å². The van der Waals surface area contributed by atoms with Crippen molar-refractivity contribution in [2.24, 2.45) is 0 Å². The Balaban J connectivity index is 2.74. The topological polar surface area (TPSA) is 58.6 Å². The van der Waals surface area contributed by atoms with Crippen molar-refractivity contribution >= 4 is 5.97 Å². The molecule has 4 heteroatoms. The minimum atomic E-state index is -0.817. The van der Waals surface area contributed by atoms with Crippen LogP contribution in [0.2, 0.25) is 0 Å². The second-order valence-electron chi connectivity index (χ2n) is 3.96. The highest BCUT2D eigenvalue weighted by atomic mass is 16.5. The van der Waals surface area contributed by atoms with Crippen molar-refractivity contribution in [2.75, 3.05) is 7.11 Å². The van der Waals surface area contributed by atoms with Gasteiger partial charge in [-0.05, 0) is 31.0 Å². The van der Waals surface area contributed by atoms with E-state index in [0.29, 0.717) is 6.42 Å². The number of carboxylic acid groups (broad SMARTS) is 1. The van der Waals surface area contributed by atoms with Crippen molar-refractivity contribution in [3.8, 4) is 5.75 Å². The van der Waals surface area contributed by atoms with E-state index < -0.39 is 12.0 Å². The molecule has 0 saturated carbocycles. The number of aliphatic carboxylic acids is 1. The van der Waals surface area contributed by atoms with Crippen molar-refractivity contribution < 1.29 is 14.6 Å². The van der Waals surface area contributed by atoms with E-state index in [0.717, 1.165) is 11.3 Å². The Morgan fingerprint density at radius 1 is 1.53 bits per heavy atom. The molecule has 1 unspecified atom stereocenters. The fraction of sp³-hybridized carbons (Fsp3) is 0.462. The zero-order chi connectivity index (χ0) is 12.8. The van der Waals surface area contributed by atoms with Crippen LogP contribution in [0.15, 0.2) is 24.3 Å². The number of rotatable bonds is 6. The second kappa shape index (κ2) is 6.25. The van der Waals surface area contributed by atoms with Gasteiger partial charge in [-0.3, -0.25) is 10.1 Å². The molecule has 0 aromatic heterocycles.